The van der Waals surface area contributed by atoms with Gasteiger partial charge in [-0.3, -0.25) is 14.4 Å². The quantitative estimate of drug-likeness (QED) is 0.162. The molecule has 1 fully saturated rings. The van der Waals surface area contributed by atoms with Crippen LogP contribution in [0, 0.1) is 6.92 Å². The van der Waals surface area contributed by atoms with Crippen molar-refractivity contribution in [2.45, 2.75) is 39.2 Å². The van der Waals surface area contributed by atoms with E-state index in [2.05, 4.69) is 22.2 Å². The summed E-state index contributed by atoms with van der Waals surface area (Å²) < 4.78 is 11.9. The van der Waals surface area contributed by atoms with Crippen molar-refractivity contribution in [2.24, 2.45) is 0 Å². The Labute approximate surface area is 295 Å². The number of anilines is 2. The summed E-state index contributed by atoms with van der Waals surface area (Å²) in [5, 5.41) is 3.84. The molecular weight excluding hydrogens is 632 g/mol. The third-order valence-electron chi connectivity index (χ3n) is 9.16. The number of methoxy groups -OCH3 is 1. The predicted octanol–water partition coefficient (Wildman–Crippen LogP) is 5.79. The molecule has 3 amide bonds. The number of hydrogen-bond acceptors (Lipinski definition) is 7. The van der Waals surface area contributed by atoms with Crippen LogP contribution in [0.15, 0.2) is 60.8 Å². The lowest BCUT2D eigenvalue weighted by molar-refractivity contribution is -0.132. The second-order valence-electron chi connectivity index (χ2n) is 13.3. The summed E-state index contributed by atoms with van der Waals surface area (Å²) in [5.41, 5.74) is 4.54. The average molecular weight is 683 g/mol. The summed E-state index contributed by atoms with van der Waals surface area (Å²) in [6.45, 7) is 6.54. The summed E-state index contributed by atoms with van der Waals surface area (Å²) in [7, 11) is 9.26. The first kappa shape index (κ1) is 36.4. The van der Waals surface area contributed by atoms with E-state index in [9.17, 15) is 14.4 Å². The lowest BCUT2D eigenvalue weighted by atomic mass is 10.0. The summed E-state index contributed by atoms with van der Waals surface area (Å²) in [6, 6.07) is 16.4. The Morgan fingerprint density at radius 2 is 1.64 bits per heavy atom. The van der Waals surface area contributed by atoms with Crippen molar-refractivity contribution in [1.29, 1.82) is 0 Å². The highest BCUT2D eigenvalue weighted by Crippen LogP contribution is 2.35. The van der Waals surface area contributed by atoms with Crippen molar-refractivity contribution in [3.05, 3.63) is 83.0 Å². The topological polar surface area (TPSA) is 110 Å². The summed E-state index contributed by atoms with van der Waals surface area (Å²) in [4.78, 5) is 51.7. The largest absolute Gasteiger partial charge is 0.495 e. The molecule has 1 aliphatic rings. The minimum Gasteiger partial charge on any atom is -0.495 e. The first-order valence-corrected chi connectivity index (χ1v) is 17.3. The highest BCUT2D eigenvalue weighted by atomic mass is 16.5. The normalized spacial score (nSPS) is 13.5. The number of nitrogens with one attached hydrogen (secondary N) is 2. The molecule has 0 unspecified atom stereocenters. The molecule has 0 bridgehead atoms. The molecule has 1 aliphatic heterocycles. The Morgan fingerprint density at radius 3 is 2.38 bits per heavy atom. The van der Waals surface area contributed by atoms with Gasteiger partial charge >= 0.3 is 0 Å². The fourth-order valence-electron chi connectivity index (χ4n) is 6.35. The van der Waals surface area contributed by atoms with Gasteiger partial charge in [0.1, 0.15) is 11.5 Å². The van der Waals surface area contributed by atoms with E-state index in [0.717, 1.165) is 67.5 Å². The Morgan fingerprint density at radius 1 is 0.900 bits per heavy atom. The second-order valence-corrected chi connectivity index (χ2v) is 13.3. The maximum Gasteiger partial charge on any atom is 0.260 e. The third kappa shape index (κ3) is 8.64. The van der Waals surface area contributed by atoms with Gasteiger partial charge in [-0.1, -0.05) is 18.2 Å². The molecule has 1 saturated heterocycles. The first-order chi connectivity index (χ1) is 24.1. The Balaban J connectivity index is 1.28. The van der Waals surface area contributed by atoms with E-state index in [0.29, 0.717) is 48.0 Å². The molecule has 2 heterocycles. The Bertz CT molecular complexity index is 1810. The molecule has 0 aliphatic carbocycles. The van der Waals surface area contributed by atoms with E-state index >= 15 is 0 Å². The van der Waals surface area contributed by atoms with Gasteiger partial charge in [0.05, 0.1) is 30.7 Å². The van der Waals surface area contributed by atoms with Gasteiger partial charge in [-0.05, 0) is 94.9 Å². The van der Waals surface area contributed by atoms with E-state index in [4.69, 9.17) is 9.47 Å². The summed E-state index contributed by atoms with van der Waals surface area (Å²) in [6.07, 6.45) is 4.94. The van der Waals surface area contributed by atoms with E-state index < -0.39 is 0 Å². The predicted molar refractivity (Wildman–Crippen MR) is 199 cm³/mol. The van der Waals surface area contributed by atoms with Gasteiger partial charge in [-0.15, -0.1) is 0 Å². The van der Waals surface area contributed by atoms with Crippen LogP contribution in [0.1, 0.15) is 57.5 Å². The first-order valence-electron chi connectivity index (χ1n) is 17.3. The van der Waals surface area contributed by atoms with Crippen molar-refractivity contribution in [1.82, 2.24) is 19.7 Å². The minimum atomic E-state index is -0.346. The lowest BCUT2D eigenvalue weighted by Gasteiger charge is -2.32. The molecule has 266 valence electrons. The zero-order chi connectivity index (χ0) is 35.8. The van der Waals surface area contributed by atoms with Crippen LogP contribution in [-0.2, 0) is 11.3 Å². The number of fused-ring (bicyclic) bond motifs is 1. The molecule has 11 heteroatoms. The van der Waals surface area contributed by atoms with Crippen LogP contribution in [0.2, 0.25) is 0 Å². The summed E-state index contributed by atoms with van der Waals surface area (Å²) >= 11 is 0. The molecule has 5 rings (SSSR count). The number of para-hydroxylation sites is 1. The van der Waals surface area contributed by atoms with Crippen LogP contribution in [0.5, 0.6) is 11.5 Å². The van der Waals surface area contributed by atoms with Gasteiger partial charge in [-0.2, -0.15) is 0 Å². The van der Waals surface area contributed by atoms with Gasteiger partial charge in [0.2, 0.25) is 5.91 Å². The molecule has 0 saturated carbocycles. The maximum absolute atomic E-state index is 14.2. The smallest absolute Gasteiger partial charge is 0.260 e. The highest BCUT2D eigenvalue weighted by Gasteiger charge is 2.25. The SMILES string of the molecule is COc1cccc(C(=O)N(C)c2ccc(C)cc2OCCCCCC(=O)N2CCN(C)CC2)c1NC(=O)c1cccc2[nH]cc(CN(C)C)c12. The molecule has 0 atom stereocenters. The number of piperazine rings is 1. The van der Waals surface area contributed by atoms with Crippen molar-refractivity contribution < 1.29 is 23.9 Å². The molecule has 11 nitrogen and oxygen atoms in total. The number of aromatic amines is 1. The van der Waals surface area contributed by atoms with Crippen LogP contribution in [0.25, 0.3) is 10.9 Å². The van der Waals surface area contributed by atoms with Gasteiger partial charge < -0.3 is 39.4 Å². The van der Waals surface area contributed by atoms with Crippen molar-refractivity contribution in [3.8, 4) is 11.5 Å². The monoisotopic (exact) mass is 682 g/mol. The van der Waals surface area contributed by atoms with E-state index in [-0.39, 0.29) is 23.3 Å². The molecule has 2 N–H and O–H groups in total. The van der Waals surface area contributed by atoms with Crippen LogP contribution in [-0.4, -0.2) is 105 Å². The van der Waals surface area contributed by atoms with Crippen LogP contribution in [0.4, 0.5) is 11.4 Å². The molecule has 1 aromatic heterocycles. The molecular formula is C39H50N6O5. The molecule has 4 aromatic rings. The number of ether oxygens (including phenoxy) is 2. The zero-order valence-corrected chi connectivity index (χ0v) is 30.2. The highest BCUT2D eigenvalue weighted by molar-refractivity contribution is 6.17. The van der Waals surface area contributed by atoms with Gasteiger partial charge in [-0.25, -0.2) is 0 Å². The van der Waals surface area contributed by atoms with Crippen molar-refractivity contribution in [2.75, 3.05) is 78.3 Å². The number of benzene rings is 3. The van der Waals surface area contributed by atoms with Crippen molar-refractivity contribution >= 4 is 40.0 Å². The Hall–Kier alpha value is -4.87. The number of hydrogen-bond donors (Lipinski definition) is 2. The number of likely N-dealkylation sites (N-methyl/N-ethyl adjacent to an activating group) is 1. The number of amides is 3. The number of unbranched alkanes of at least 4 members (excludes halogenated alkanes) is 2. The fraction of sp³-hybridized carbons (Fsp3) is 0.410. The standard InChI is InChI=1S/C39H50N6O5/c1-27-17-18-32(34(24-27)50-23-9-7-8-16-35(46)45-21-19-43(4)20-22-45)44(5)39(48)30-13-11-15-33(49-6)37(30)41-38(47)29-12-10-14-31-36(29)28(25-40-31)26-42(2)3/h10-15,17-18,24-25,40H,7-9,16,19-23,26H2,1-6H3,(H,41,47). The van der Waals surface area contributed by atoms with E-state index in [1.54, 1.807) is 31.3 Å². The number of nitrogens with zero attached hydrogens (tertiary/aromatic N) is 4. The number of H-pyrrole nitrogens is 1. The van der Waals surface area contributed by atoms with Gasteiger partial charge in [0.15, 0.2) is 0 Å². The van der Waals surface area contributed by atoms with E-state index in [1.165, 1.54) is 12.0 Å². The third-order valence-corrected chi connectivity index (χ3v) is 9.16. The minimum absolute atomic E-state index is 0.226. The van der Waals surface area contributed by atoms with Crippen LogP contribution < -0.4 is 19.7 Å². The number of aryl methyl sites for hydroxylation is 1. The molecule has 3 aromatic carbocycles. The number of carbonyl (C=O) groups is 3. The van der Waals surface area contributed by atoms with Gasteiger partial charge in [0.25, 0.3) is 11.8 Å². The molecule has 0 radical (unpaired) electrons. The zero-order valence-electron chi connectivity index (χ0n) is 30.2. The van der Waals surface area contributed by atoms with Crippen LogP contribution in [0.3, 0.4) is 0 Å². The van der Waals surface area contributed by atoms with Crippen LogP contribution >= 0.6 is 0 Å². The fourth-order valence-corrected chi connectivity index (χ4v) is 6.35. The van der Waals surface area contributed by atoms with E-state index in [1.807, 2.05) is 67.3 Å². The lowest BCUT2D eigenvalue weighted by Crippen LogP contribution is -2.47. The second kappa shape index (κ2) is 16.7. The summed E-state index contributed by atoms with van der Waals surface area (Å²) in [5.74, 6) is 0.516. The Kier molecular flexibility index (Phi) is 12.2. The number of rotatable bonds is 14. The average Bonchev–Trinajstić information content (AvgIpc) is 3.51. The van der Waals surface area contributed by atoms with Gasteiger partial charge in [0, 0.05) is 68.9 Å². The number of carbonyl (C=O) groups excluding carboxylic acids is 3. The maximum atomic E-state index is 14.2. The number of aromatic nitrogens is 1. The molecule has 0 spiro atoms. The van der Waals surface area contributed by atoms with Crippen molar-refractivity contribution in [3.63, 3.8) is 0 Å². The molecule has 50 heavy (non-hydrogen) atoms.